The van der Waals surface area contributed by atoms with E-state index in [1.165, 1.54) is 0 Å². The quantitative estimate of drug-likeness (QED) is 0.839. The normalized spacial score (nSPS) is 9.75. The zero-order chi connectivity index (χ0) is 12.3. The summed E-state index contributed by atoms with van der Waals surface area (Å²) in [5.74, 6) is -1.51. The SMILES string of the molecule is COC(=O)Nn1cc(F)c(Br)c1C(=O)OC. The van der Waals surface area contributed by atoms with E-state index in [-0.39, 0.29) is 10.2 Å². The highest BCUT2D eigenvalue weighted by atomic mass is 79.9. The van der Waals surface area contributed by atoms with Gasteiger partial charge in [0.15, 0.2) is 11.5 Å². The van der Waals surface area contributed by atoms with Crippen LogP contribution >= 0.6 is 15.9 Å². The first-order valence-corrected chi connectivity index (χ1v) is 4.80. The van der Waals surface area contributed by atoms with Crippen LogP contribution in [0.15, 0.2) is 10.7 Å². The van der Waals surface area contributed by atoms with Gasteiger partial charge < -0.3 is 9.47 Å². The Morgan fingerprint density at radius 1 is 1.44 bits per heavy atom. The molecule has 0 saturated carbocycles. The topological polar surface area (TPSA) is 69.6 Å². The molecule has 1 aromatic rings. The van der Waals surface area contributed by atoms with Crippen molar-refractivity contribution in [2.45, 2.75) is 0 Å². The van der Waals surface area contributed by atoms with Crippen LogP contribution < -0.4 is 5.43 Å². The predicted octanol–water partition coefficient (Wildman–Crippen LogP) is 1.49. The van der Waals surface area contributed by atoms with Crippen LogP contribution in [0.4, 0.5) is 9.18 Å². The average Bonchev–Trinajstić information content (AvgIpc) is 2.53. The second-order valence-corrected chi connectivity index (χ2v) is 3.40. The maximum Gasteiger partial charge on any atom is 0.426 e. The molecule has 0 radical (unpaired) electrons. The second kappa shape index (κ2) is 4.97. The summed E-state index contributed by atoms with van der Waals surface area (Å²) in [6.07, 6.45) is 0.0698. The maximum absolute atomic E-state index is 13.2. The van der Waals surface area contributed by atoms with E-state index in [1.54, 1.807) is 0 Å². The van der Waals surface area contributed by atoms with Crippen LogP contribution in [0.25, 0.3) is 0 Å². The zero-order valence-electron chi connectivity index (χ0n) is 8.41. The van der Waals surface area contributed by atoms with Gasteiger partial charge >= 0.3 is 12.1 Å². The van der Waals surface area contributed by atoms with Crippen molar-refractivity contribution in [3.8, 4) is 0 Å². The molecular formula is C8H8BrFN2O4. The summed E-state index contributed by atoms with van der Waals surface area (Å²) in [4.78, 5) is 22.2. The van der Waals surface area contributed by atoms with E-state index in [2.05, 4.69) is 30.8 Å². The van der Waals surface area contributed by atoms with Gasteiger partial charge in [0.1, 0.15) is 0 Å². The minimum atomic E-state index is -0.840. The first-order valence-electron chi connectivity index (χ1n) is 4.01. The third-order valence-electron chi connectivity index (χ3n) is 1.68. The van der Waals surface area contributed by atoms with Gasteiger partial charge in [-0.25, -0.2) is 24.1 Å². The Morgan fingerprint density at radius 3 is 2.56 bits per heavy atom. The van der Waals surface area contributed by atoms with Crippen molar-refractivity contribution in [3.05, 3.63) is 22.2 Å². The number of halogens is 2. The maximum atomic E-state index is 13.2. The second-order valence-electron chi connectivity index (χ2n) is 2.60. The van der Waals surface area contributed by atoms with E-state index < -0.39 is 17.9 Å². The minimum absolute atomic E-state index is 0.101. The van der Waals surface area contributed by atoms with Crippen LogP contribution in [0, 0.1) is 5.82 Å². The van der Waals surface area contributed by atoms with E-state index in [0.717, 1.165) is 25.1 Å². The number of nitrogens with one attached hydrogen (secondary N) is 1. The number of amides is 1. The Morgan fingerprint density at radius 2 is 2.06 bits per heavy atom. The molecule has 0 fully saturated rings. The van der Waals surface area contributed by atoms with E-state index in [4.69, 9.17) is 0 Å². The van der Waals surface area contributed by atoms with E-state index in [9.17, 15) is 14.0 Å². The Balaban J connectivity index is 3.13. The number of aromatic nitrogens is 1. The molecule has 1 rings (SSSR count). The van der Waals surface area contributed by atoms with Crippen molar-refractivity contribution >= 4 is 28.0 Å². The fourth-order valence-electron chi connectivity index (χ4n) is 0.970. The van der Waals surface area contributed by atoms with Crippen molar-refractivity contribution in [1.29, 1.82) is 0 Å². The highest BCUT2D eigenvalue weighted by Gasteiger charge is 2.22. The molecule has 16 heavy (non-hydrogen) atoms. The highest BCUT2D eigenvalue weighted by molar-refractivity contribution is 9.10. The number of hydrogen-bond donors (Lipinski definition) is 1. The van der Waals surface area contributed by atoms with Gasteiger partial charge in [-0.1, -0.05) is 0 Å². The number of esters is 1. The molecule has 1 heterocycles. The first kappa shape index (κ1) is 12.5. The van der Waals surface area contributed by atoms with Gasteiger partial charge in [0, 0.05) is 0 Å². The smallest absolute Gasteiger partial charge is 0.426 e. The molecular weight excluding hydrogens is 287 g/mol. The molecule has 88 valence electrons. The number of rotatable bonds is 2. The molecule has 0 aliphatic heterocycles. The minimum Gasteiger partial charge on any atom is -0.464 e. The molecule has 0 spiro atoms. The molecule has 0 bridgehead atoms. The molecule has 8 heteroatoms. The monoisotopic (exact) mass is 294 g/mol. The van der Waals surface area contributed by atoms with Crippen LogP contribution in [0.2, 0.25) is 0 Å². The lowest BCUT2D eigenvalue weighted by Crippen LogP contribution is -2.25. The molecule has 0 aromatic carbocycles. The number of methoxy groups -OCH3 is 2. The molecule has 1 amide bonds. The number of carbonyl (C=O) groups excluding carboxylic acids is 2. The molecule has 0 atom stereocenters. The highest BCUT2D eigenvalue weighted by Crippen LogP contribution is 2.22. The van der Waals surface area contributed by atoms with E-state index in [1.807, 2.05) is 0 Å². The van der Waals surface area contributed by atoms with Gasteiger partial charge in [0.2, 0.25) is 0 Å². The summed E-state index contributed by atoms with van der Waals surface area (Å²) in [7, 11) is 2.28. The molecule has 0 aliphatic carbocycles. The van der Waals surface area contributed by atoms with Gasteiger partial charge in [-0.3, -0.25) is 0 Å². The fraction of sp³-hybridized carbons (Fsp3) is 0.250. The van der Waals surface area contributed by atoms with Crippen molar-refractivity contribution in [1.82, 2.24) is 4.68 Å². The van der Waals surface area contributed by atoms with Gasteiger partial charge in [-0.15, -0.1) is 0 Å². The molecule has 1 N–H and O–H groups in total. The van der Waals surface area contributed by atoms with E-state index in [0.29, 0.717) is 0 Å². The van der Waals surface area contributed by atoms with Gasteiger partial charge in [-0.05, 0) is 15.9 Å². The van der Waals surface area contributed by atoms with E-state index >= 15 is 0 Å². The molecule has 1 aromatic heterocycles. The zero-order valence-corrected chi connectivity index (χ0v) is 10.00. The summed E-state index contributed by atoms with van der Waals surface area (Å²) in [6, 6.07) is 0. The van der Waals surface area contributed by atoms with Gasteiger partial charge in [-0.2, -0.15) is 0 Å². The Labute approximate surface area is 98.4 Å². The van der Waals surface area contributed by atoms with Crippen LogP contribution in [-0.4, -0.2) is 31.0 Å². The summed E-state index contributed by atoms with van der Waals surface area (Å²) in [5, 5.41) is 0. The molecule has 0 saturated heterocycles. The van der Waals surface area contributed by atoms with Crippen molar-refractivity contribution in [3.63, 3.8) is 0 Å². The molecule has 6 nitrogen and oxygen atoms in total. The average molecular weight is 295 g/mol. The first-order chi connectivity index (χ1) is 7.51. The predicted molar refractivity (Wildman–Crippen MR) is 55.2 cm³/mol. The molecule has 0 aliphatic rings. The summed E-state index contributed by atoms with van der Waals surface area (Å²) in [6.45, 7) is 0. The van der Waals surface area contributed by atoms with Gasteiger partial charge in [0.05, 0.1) is 24.9 Å². The van der Waals surface area contributed by atoms with Gasteiger partial charge in [0.25, 0.3) is 0 Å². The lowest BCUT2D eigenvalue weighted by molar-refractivity contribution is 0.0589. The van der Waals surface area contributed by atoms with Crippen molar-refractivity contribution in [2.24, 2.45) is 0 Å². The van der Waals surface area contributed by atoms with Crippen LogP contribution in [0.1, 0.15) is 10.5 Å². The molecule has 0 unspecified atom stereocenters. The largest absolute Gasteiger partial charge is 0.464 e. The number of ether oxygens (including phenoxy) is 2. The summed E-state index contributed by atoms with van der Waals surface area (Å²) in [5.41, 5.74) is 1.95. The Bertz CT molecular complexity index is 432. The van der Waals surface area contributed by atoms with Crippen molar-refractivity contribution in [2.75, 3.05) is 19.6 Å². The van der Waals surface area contributed by atoms with Crippen LogP contribution in [0.5, 0.6) is 0 Å². The van der Waals surface area contributed by atoms with Crippen LogP contribution in [0.3, 0.4) is 0 Å². The Kier molecular flexibility index (Phi) is 3.88. The van der Waals surface area contributed by atoms with Crippen molar-refractivity contribution < 1.29 is 23.5 Å². The number of nitrogens with zero attached hydrogens (tertiary/aromatic N) is 1. The summed E-state index contributed by atoms with van der Waals surface area (Å²) >= 11 is 2.87. The third kappa shape index (κ3) is 2.32. The fourth-order valence-corrected chi connectivity index (χ4v) is 1.43. The third-order valence-corrected chi connectivity index (χ3v) is 2.43. The van der Waals surface area contributed by atoms with Crippen LogP contribution in [-0.2, 0) is 9.47 Å². The number of hydrogen-bond acceptors (Lipinski definition) is 4. The lowest BCUT2D eigenvalue weighted by Gasteiger charge is -2.08. The lowest BCUT2D eigenvalue weighted by atomic mass is 10.4. The Hall–Kier alpha value is -1.57. The number of carbonyl (C=O) groups is 2. The standard InChI is InChI=1S/C8H8BrFN2O4/c1-15-7(13)6-5(9)4(10)3-12(6)11-8(14)16-2/h3H,1-2H3,(H,11,14). The summed E-state index contributed by atoms with van der Waals surface area (Å²) < 4.78 is 22.7.